The Morgan fingerprint density at radius 3 is 2.67 bits per heavy atom. The average Bonchev–Trinajstić information content (AvgIpc) is 2.39. The van der Waals surface area contributed by atoms with E-state index in [1.165, 1.54) is 0 Å². The van der Waals surface area contributed by atoms with Gasteiger partial charge in [-0.1, -0.05) is 11.6 Å². The smallest absolute Gasteiger partial charge is 0.142 e. The molecule has 0 aromatic heterocycles. The molecule has 1 aliphatic heterocycles. The zero-order valence-corrected chi connectivity index (χ0v) is 11.1. The van der Waals surface area contributed by atoms with Crippen molar-refractivity contribution < 1.29 is 4.74 Å². The summed E-state index contributed by atoms with van der Waals surface area (Å²) in [7, 11) is 1.64. The van der Waals surface area contributed by atoms with E-state index in [1.807, 2.05) is 12.1 Å². The van der Waals surface area contributed by atoms with E-state index in [-0.39, 0.29) is 0 Å². The van der Waals surface area contributed by atoms with E-state index in [1.54, 1.807) is 13.2 Å². The van der Waals surface area contributed by atoms with Crippen molar-refractivity contribution in [3.63, 3.8) is 0 Å². The third-order valence-corrected chi connectivity index (χ3v) is 3.60. The van der Waals surface area contributed by atoms with Crippen LogP contribution in [0.3, 0.4) is 0 Å². The lowest BCUT2D eigenvalue weighted by Gasteiger charge is -2.36. The van der Waals surface area contributed by atoms with Crippen LogP contribution < -0.4 is 15.4 Å². The van der Waals surface area contributed by atoms with Crippen molar-refractivity contribution >= 4 is 17.3 Å². The van der Waals surface area contributed by atoms with Gasteiger partial charge in [-0.15, -0.1) is 0 Å². The van der Waals surface area contributed by atoms with E-state index in [0.29, 0.717) is 17.9 Å². The monoisotopic (exact) mass is 265 g/mol. The van der Waals surface area contributed by atoms with Crippen molar-refractivity contribution in [2.75, 3.05) is 25.1 Å². The zero-order valence-electron chi connectivity index (χ0n) is 10.3. The first-order valence-electron chi connectivity index (χ1n) is 5.86. The number of anilines is 1. The van der Waals surface area contributed by atoms with Crippen LogP contribution in [0, 0.1) is 11.3 Å². The van der Waals surface area contributed by atoms with E-state index < -0.39 is 5.54 Å². The van der Waals surface area contributed by atoms with Crippen LogP contribution in [0.2, 0.25) is 5.02 Å². The molecule has 1 aliphatic rings. The largest absolute Gasteiger partial charge is 0.495 e. The molecular weight excluding hydrogens is 250 g/mol. The first-order chi connectivity index (χ1) is 8.58. The number of hydrogen-bond acceptors (Lipinski definition) is 4. The predicted molar refractivity (Wildman–Crippen MR) is 72.0 cm³/mol. The van der Waals surface area contributed by atoms with E-state index in [0.717, 1.165) is 24.5 Å². The molecule has 96 valence electrons. The number of hydrogen-bond donors (Lipinski definition) is 1. The molecule has 0 saturated carbocycles. The van der Waals surface area contributed by atoms with Crippen LogP contribution in [-0.4, -0.2) is 25.7 Å². The Balaban J connectivity index is 2.19. The average molecular weight is 266 g/mol. The Hall–Kier alpha value is -1.44. The first-order valence-corrected chi connectivity index (χ1v) is 6.24. The molecule has 4 nitrogen and oxygen atoms in total. The second-order valence-electron chi connectivity index (χ2n) is 4.57. The summed E-state index contributed by atoms with van der Waals surface area (Å²) in [5.41, 5.74) is 6.22. The minimum absolute atomic E-state index is 0.652. The molecule has 0 bridgehead atoms. The van der Waals surface area contributed by atoms with Gasteiger partial charge in [-0.25, -0.2) is 0 Å². The highest BCUT2D eigenvalue weighted by molar-refractivity contribution is 6.30. The van der Waals surface area contributed by atoms with Gasteiger partial charge in [0.2, 0.25) is 0 Å². The second kappa shape index (κ2) is 5.05. The minimum Gasteiger partial charge on any atom is -0.495 e. The molecule has 2 N–H and O–H groups in total. The van der Waals surface area contributed by atoms with Crippen molar-refractivity contribution in [1.29, 1.82) is 5.26 Å². The molecule has 5 heteroatoms. The molecule has 2 rings (SSSR count). The Bertz CT molecular complexity index is 476. The Kier molecular flexibility index (Phi) is 3.65. The summed E-state index contributed by atoms with van der Waals surface area (Å²) in [5, 5.41) is 9.69. The molecule has 0 amide bonds. The molecular formula is C13H16ClN3O. The van der Waals surface area contributed by atoms with Crippen LogP contribution in [0.25, 0.3) is 0 Å². The van der Waals surface area contributed by atoms with Crippen LogP contribution in [0.5, 0.6) is 5.75 Å². The highest BCUT2D eigenvalue weighted by Crippen LogP contribution is 2.34. The molecule has 0 atom stereocenters. The number of nitriles is 1. The molecule has 1 fully saturated rings. The number of ether oxygens (including phenoxy) is 1. The van der Waals surface area contributed by atoms with Gasteiger partial charge in [0.25, 0.3) is 0 Å². The van der Waals surface area contributed by atoms with Crippen molar-refractivity contribution in [1.82, 2.24) is 0 Å². The molecule has 1 heterocycles. The molecule has 1 aromatic rings. The summed E-state index contributed by atoms with van der Waals surface area (Å²) in [4.78, 5) is 2.16. The highest BCUT2D eigenvalue weighted by Gasteiger charge is 2.31. The Morgan fingerprint density at radius 2 is 2.11 bits per heavy atom. The summed E-state index contributed by atoms with van der Waals surface area (Å²) in [6.07, 6.45) is 1.30. The van der Waals surface area contributed by atoms with Crippen molar-refractivity contribution in [2.24, 2.45) is 5.73 Å². The number of halogens is 1. The fraction of sp³-hybridized carbons (Fsp3) is 0.462. The summed E-state index contributed by atoms with van der Waals surface area (Å²) >= 11 is 6.02. The third kappa shape index (κ3) is 2.53. The number of benzene rings is 1. The van der Waals surface area contributed by atoms with Crippen molar-refractivity contribution in [2.45, 2.75) is 18.4 Å². The first kappa shape index (κ1) is 13.0. The Morgan fingerprint density at radius 1 is 1.44 bits per heavy atom. The molecule has 1 aromatic carbocycles. The topological polar surface area (TPSA) is 62.3 Å². The van der Waals surface area contributed by atoms with Gasteiger partial charge in [0, 0.05) is 18.1 Å². The van der Waals surface area contributed by atoms with Gasteiger partial charge in [0.05, 0.1) is 18.9 Å². The summed E-state index contributed by atoms with van der Waals surface area (Å²) in [6.45, 7) is 1.47. The van der Waals surface area contributed by atoms with Crippen LogP contribution in [-0.2, 0) is 0 Å². The maximum atomic E-state index is 9.01. The fourth-order valence-corrected chi connectivity index (χ4v) is 2.34. The van der Waals surface area contributed by atoms with Gasteiger partial charge in [0.1, 0.15) is 11.3 Å². The lowest BCUT2D eigenvalue weighted by Crippen LogP contribution is -2.49. The lowest BCUT2D eigenvalue weighted by molar-refractivity contribution is 0.397. The van der Waals surface area contributed by atoms with Crippen LogP contribution in [0.15, 0.2) is 18.2 Å². The van der Waals surface area contributed by atoms with E-state index >= 15 is 0 Å². The number of piperidine rings is 1. The second-order valence-corrected chi connectivity index (χ2v) is 5.01. The normalized spacial score (nSPS) is 18.2. The highest BCUT2D eigenvalue weighted by atomic mass is 35.5. The van der Waals surface area contributed by atoms with Gasteiger partial charge in [-0.3, -0.25) is 0 Å². The number of rotatable bonds is 2. The lowest BCUT2D eigenvalue weighted by atomic mass is 9.90. The molecule has 1 saturated heterocycles. The number of methoxy groups -OCH3 is 1. The molecule has 0 aliphatic carbocycles. The quantitative estimate of drug-likeness (QED) is 0.890. The summed E-state index contributed by atoms with van der Waals surface area (Å²) in [5.74, 6) is 0.792. The van der Waals surface area contributed by atoms with Crippen LogP contribution in [0.1, 0.15) is 12.8 Å². The zero-order chi connectivity index (χ0) is 13.2. The van der Waals surface area contributed by atoms with E-state index in [4.69, 9.17) is 27.3 Å². The van der Waals surface area contributed by atoms with Crippen LogP contribution in [0.4, 0.5) is 5.69 Å². The van der Waals surface area contributed by atoms with E-state index in [9.17, 15) is 0 Å². The number of nitrogens with zero attached hydrogens (tertiary/aromatic N) is 2. The van der Waals surface area contributed by atoms with Gasteiger partial charge in [-0.2, -0.15) is 5.26 Å². The minimum atomic E-state index is -0.692. The van der Waals surface area contributed by atoms with Gasteiger partial charge < -0.3 is 15.4 Å². The maximum Gasteiger partial charge on any atom is 0.142 e. The van der Waals surface area contributed by atoms with Gasteiger partial charge in [-0.05, 0) is 31.0 Å². The maximum absolute atomic E-state index is 9.01. The van der Waals surface area contributed by atoms with Gasteiger partial charge >= 0.3 is 0 Å². The predicted octanol–water partition coefficient (Wildman–Crippen LogP) is 2.17. The molecule has 0 unspecified atom stereocenters. The SMILES string of the molecule is COc1ccc(Cl)cc1N1CCC(N)(C#N)CC1. The standard InChI is InChI=1S/C13H16ClN3O/c1-18-12-3-2-10(14)8-11(12)17-6-4-13(16,9-15)5-7-17/h2-3,8H,4-7,16H2,1H3. The molecule has 0 spiro atoms. The van der Waals surface area contributed by atoms with Crippen molar-refractivity contribution in [3.05, 3.63) is 23.2 Å². The van der Waals surface area contributed by atoms with Gasteiger partial charge in [0.15, 0.2) is 0 Å². The van der Waals surface area contributed by atoms with Crippen molar-refractivity contribution in [3.8, 4) is 11.8 Å². The van der Waals surface area contributed by atoms with E-state index in [2.05, 4.69) is 11.0 Å². The fourth-order valence-electron chi connectivity index (χ4n) is 2.17. The summed E-state index contributed by atoms with van der Waals surface area (Å²) in [6, 6.07) is 7.73. The molecule has 0 radical (unpaired) electrons. The third-order valence-electron chi connectivity index (χ3n) is 3.36. The summed E-state index contributed by atoms with van der Waals surface area (Å²) < 4.78 is 5.34. The number of nitrogens with two attached hydrogens (primary N) is 1. The Labute approximate surface area is 112 Å². The molecule has 18 heavy (non-hydrogen) atoms. The van der Waals surface area contributed by atoms with Crippen LogP contribution >= 0.6 is 11.6 Å².